The number of hydrogen-bond donors (Lipinski definition) is 1. The summed E-state index contributed by atoms with van der Waals surface area (Å²) >= 11 is 0. The van der Waals surface area contributed by atoms with Gasteiger partial charge in [0.05, 0.1) is 5.52 Å². The highest BCUT2D eigenvalue weighted by Gasteiger charge is 2.14. The molecule has 0 fully saturated rings. The zero-order chi connectivity index (χ0) is 20.7. The van der Waals surface area contributed by atoms with E-state index in [9.17, 15) is 0 Å². The van der Waals surface area contributed by atoms with E-state index in [4.69, 9.17) is 9.47 Å². The molecule has 0 spiro atoms. The normalized spacial score (nSPS) is 12.8. The number of aryl methyl sites for hydroxylation is 2. The van der Waals surface area contributed by atoms with E-state index in [0.29, 0.717) is 19.2 Å². The van der Waals surface area contributed by atoms with Crippen molar-refractivity contribution >= 4 is 34.0 Å². The minimum Gasteiger partial charge on any atom is -0.486 e. The average Bonchev–Trinajstić information content (AvgIpc) is 3.06. The van der Waals surface area contributed by atoms with Crippen LogP contribution in [-0.2, 0) is 7.05 Å². The Labute approximate surface area is 174 Å². The Bertz CT molecular complexity index is 1240. The molecule has 0 aliphatic carbocycles. The fraction of sp³-hybridized carbons (Fsp3) is 0.227. The van der Waals surface area contributed by atoms with Crippen LogP contribution in [0.4, 0.5) is 23.1 Å². The van der Waals surface area contributed by atoms with Gasteiger partial charge in [0.2, 0.25) is 5.95 Å². The third kappa shape index (κ3) is 3.26. The molecule has 1 N–H and O–H groups in total. The standard InChI is InChI=1S/C22H22N6O2/c1-14-17-13-16(5-6-18(17)26-28(14)3)27(2)21-8-9-23-22(25-21)24-15-4-7-19-20(12-15)30-11-10-29-19/h4-9,12-13H,10-11H2,1-3H3,(H,23,24,25). The van der Waals surface area contributed by atoms with Gasteiger partial charge in [0.1, 0.15) is 19.0 Å². The van der Waals surface area contributed by atoms with Crippen molar-refractivity contribution < 1.29 is 9.47 Å². The van der Waals surface area contributed by atoms with E-state index in [1.54, 1.807) is 6.20 Å². The van der Waals surface area contributed by atoms with Crippen molar-refractivity contribution in [2.45, 2.75) is 6.92 Å². The molecule has 2 aromatic carbocycles. The Morgan fingerprint density at radius 1 is 1.03 bits per heavy atom. The lowest BCUT2D eigenvalue weighted by atomic mass is 10.2. The number of benzene rings is 2. The Balaban J connectivity index is 1.41. The molecule has 0 amide bonds. The van der Waals surface area contributed by atoms with Gasteiger partial charge in [0, 0.05) is 48.8 Å². The fourth-order valence-electron chi connectivity index (χ4n) is 3.50. The number of nitrogens with one attached hydrogen (secondary N) is 1. The zero-order valence-corrected chi connectivity index (χ0v) is 17.1. The highest BCUT2D eigenvalue weighted by Crippen LogP contribution is 2.33. The Morgan fingerprint density at radius 3 is 2.73 bits per heavy atom. The Morgan fingerprint density at radius 2 is 1.87 bits per heavy atom. The van der Waals surface area contributed by atoms with E-state index in [1.165, 1.54) is 0 Å². The van der Waals surface area contributed by atoms with E-state index in [-0.39, 0.29) is 0 Å². The van der Waals surface area contributed by atoms with Crippen molar-refractivity contribution in [2.24, 2.45) is 7.05 Å². The quantitative estimate of drug-likeness (QED) is 0.554. The molecule has 4 aromatic rings. The SMILES string of the molecule is Cc1c2cc(N(C)c3ccnc(Nc4ccc5c(c4)OCCO5)n3)ccc2nn1C. The largest absolute Gasteiger partial charge is 0.486 e. The highest BCUT2D eigenvalue weighted by atomic mass is 16.6. The van der Waals surface area contributed by atoms with Crippen molar-refractivity contribution in [3.8, 4) is 11.5 Å². The van der Waals surface area contributed by atoms with Crippen LogP contribution in [0.1, 0.15) is 5.69 Å². The molecule has 8 nitrogen and oxygen atoms in total. The maximum absolute atomic E-state index is 5.65. The van der Waals surface area contributed by atoms with Crippen LogP contribution in [-0.4, -0.2) is 40.0 Å². The van der Waals surface area contributed by atoms with Gasteiger partial charge in [0.15, 0.2) is 11.5 Å². The molecule has 8 heteroatoms. The van der Waals surface area contributed by atoms with Gasteiger partial charge in [-0.05, 0) is 43.3 Å². The molecule has 0 atom stereocenters. The van der Waals surface area contributed by atoms with Crippen molar-refractivity contribution in [1.29, 1.82) is 0 Å². The van der Waals surface area contributed by atoms with Crippen LogP contribution in [0.3, 0.4) is 0 Å². The van der Waals surface area contributed by atoms with Crippen LogP contribution >= 0.6 is 0 Å². The molecule has 1 aliphatic rings. The summed E-state index contributed by atoms with van der Waals surface area (Å²) < 4.78 is 13.1. The molecule has 0 saturated heterocycles. The summed E-state index contributed by atoms with van der Waals surface area (Å²) in [5.74, 6) is 2.77. The molecule has 0 unspecified atom stereocenters. The van der Waals surface area contributed by atoms with Gasteiger partial charge in [-0.1, -0.05) is 0 Å². The monoisotopic (exact) mass is 402 g/mol. The first-order valence-electron chi connectivity index (χ1n) is 9.75. The third-order valence-electron chi connectivity index (χ3n) is 5.28. The van der Waals surface area contributed by atoms with Crippen LogP contribution in [0.5, 0.6) is 11.5 Å². The van der Waals surface area contributed by atoms with Gasteiger partial charge in [-0.15, -0.1) is 0 Å². The van der Waals surface area contributed by atoms with Gasteiger partial charge in [-0.2, -0.15) is 10.1 Å². The lowest BCUT2D eigenvalue weighted by Gasteiger charge is -2.20. The number of hydrogen-bond acceptors (Lipinski definition) is 7. The second-order valence-electron chi connectivity index (χ2n) is 7.19. The number of fused-ring (bicyclic) bond motifs is 2. The summed E-state index contributed by atoms with van der Waals surface area (Å²) in [6, 6.07) is 13.8. The van der Waals surface area contributed by atoms with E-state index < -0.39 is 0 Å². The van der Waals surface area contributed by atoms with Crippen LogP contribution in [0.15, 0.2) is 48.7 Å². The first-order valence-corrected chi connectivity index (χ1v) is 9.75. The molecular weight excluding hydrogens is 380 g/mol. The minimum atomic E-state index is 0.509. The lowest BCUT2D eigenvalue weighted by molar-refractivity contribution is 0.171. The third-order valence-corrected chi connectivity index (χ3v) is 5.28. The molecule has 0 saturated carbocycles. The molecule has 30 heavy (non-hydrogen) atoms. The van der Waals surface area contributed by atoms with Crippen molar-refractivity contribution in [1.82, 2.24) is 19.7 Å². The highest BCUT2D eigenvalue weighted by molar-refractivity contribution is 5.86. The second kappa shape index (κ2) is 7.22. The summed E-state index contributed by atoms with van der Waals surface area (Å²) in [6.45, 7) is 3.19. The maximum Gasteiger partial charge on any atom is 0.229 e. The van der Waals surface area contributed by atoms with Crippen LogP contribution in [0, 0.1) is 6.92 Å². The summed E-state index contributed by atoms with van der Waals surface area (Å²) in [7, 11) is 3.95. The predicted molar refractivity (Wildman–Crippen MR) is 116 cm³/mol. The van der Waals surface area contributed by atoms with Gasteiger partial charge >= 0.3 is 0 Å². The fourth-order valence-corrected chi connectivity index (χ4v) is 3.50. The van der Waals surface area contributed by atoms with E-state index >= 15 is 0 Å². The van der Waals surface area contributed by atoms with Crippen LogP contribution in [0.25, 0.3) is 10.9 Å². The van der Waals surface area contributed by atoms with E-state index in [0.717, 1.165) is 45.3 Å². The first-order chi connectivity index (χ1) is 14.6. The Hall–Kier alpha value is -3.81. The van der Waals surface area contributed by atoms with E-state index in [1.807, 2.05) is 60.1 Å². The number of aromatic nitrogens is 4. The number of rotatable bonds is 4. The topological polar surface area (TPSA) is 77.3 Å². The Kier molecular flexibility index (Phi) is 4.39. The van der Waals surface area contributed by atoms with Gasteiger partial charge in [-0.25, -0.2) is 4.98 Å². The summed E-state index contributed by atoms with van der Waals surface area (Å²) in [4.78, 5) is 11.1. The van der Waals surface area contributed by atoms with Gasteiger partial charge < -0.3 is 19.7 Å². The average molecular weight is 402 g/mol. The molecule has 1 aliphatic heterocycles. The minimum absolute atomic E-state index is 0.509. The molecule has 0 bridgehead atoms. The zero-order valence-electron chi connectivity index (χ0n) is 17.1. The summed E-state index contributed by atoms with van der Waals surface area (Å²) in [6.07, 6.45) is 1.74. The molecule has 3 heterocycles. The number of nitrogens with zero attached hydrogens (tertiary/aromatic N) is 5. The molecule has 5 rings (SSSR count). The van der Waals surface area contributed by atoms with E-state index in [2.05, 4.69) is 33.4 Å². The molecule has 152 valence electrons. The van der Waals surface area contributed by atoms with Crippen molar-refractivity contribution in [3.63, 3.8) is 0 Å². The smallest absolute Gasteiger partial charge is 0.229 e. The summed E-state index contributed by atoms with van der Waals surface area (Å²) in [5.41, 5.74) is 3.98. The van der Waals surface area contributed by atoms with Gasteiger partial charge in [0.25, 0.3) is 0 Å². The second-order valence-corrected chi connectivity index (χ2v) is 7.19. The lowest BCUT2D eigenvalue weighted by Crippen LogP contribution is -2.15. The van der Waals surface area contributed by atoms with Crippen molar-refractivity contribution in [2.75, 3.05) is 30.5 Å². The number of anilines is 4. The van der Waals surface area contributed by atoms with Crippen molar-refractivity contribution in [3.05, 3.63) is 54.4 Å². The van der Waals surface area contributed by atoms with Crippen LogP contribution < -0.4 is 19.7 Å². The molecule has 2 aromatic heterocycles. The first kappa shape index (κ1) is 18.2. The van der Waals surface area contributed by atoms with Crippen LogP contribution in [0.2, 0.25) is 0 Å². The summed E-state index contributed by atoms with van der Waals surface area (Å²) in [5, 5.41) is 8.90. The molecule has 0 radical (unpaired) electrons. The predicted octanol–water partition coefficient (Wildman–Crippen LogP) is 3.95. The molecular formula is C22H22N6O2. The number of ether oxygens (including phenoxy) is 2. The van der Waals surface area contributed by atoms with Gasteiger partial charge in [-0.3, -0.25) is 4.68 Å². The maximum atomic E-state index is 5.65.